The van der Waals surface area contributed by atoms with Crippen LogP contribution in [0.3, 0.4) is 0 Å². The molecule has 1 aromatic heterocycles. The number of H-pyrrole nitrogens is 1. The summed E-state index contributed by atoms with van der Waals surface area (Å²) in [5, 5.41) is 15.9. The number of nitrogens with zero attached hydrogens (tertiary/aromatic N) is 1. The van der Waals surface area contributed by atoms with Gasteiger partial charge in [-0.15, -0.1) is 0 Å². The quantitative estimate of drug-likeness (QED) is 0.265. The number of aryl methyl sites for hydroxylation is 2. The van der Waals surface area contributed by atoms with Gasteiger partial charge in [-0.05, 0) is 60.1 Å². The molecule has 6 nitrogen and oxygen atoms in total. The predicted molar refractivity (Wildman–Crippen MR) is 140 cm³/mol. The van der Waals surface area contributed by atoms with Crippen LogP contribution in [0.15, 0.2) is 95.8 Å². The first-order valence-corrected chi connectivity index (χ1v) is 12.2. The summed E-state index contributed by atoms with van der Waals surface area (Å²) in [4.78, 5) is 22.9. The lowest BCUT2D eigenvalue weighted by molar-refractivity contribution is -0.137. The van der Waals surface area contributed by atoms with Crippen LogP contribution in [0.5, 0.6) is 5.75 Å². The zero-order valence-corrected chi connectivity index (χ0v) is 20.1. The first kappa shape index (κ1) is 24.9. The molecule has 0 aliphatic rings. The van der Waals surface area contributed by atoms with E-state index in [2.05, 4.69) is 40.5 Å². The van der Waals surface area contributed by atoms with Gasteiger partial charge in [0.1, 0.15) is 5.75 Å². The number of carboxylic acid groups (broad SMARTS) is 1. The molecular weight excluding hydrogens is 452 g/mol. The normalized spacial score (nSPS) is 10.9. The minimum atomic E-state index is -0.817. The van der Waals surface area contributed by atoms with E-state index in [0.29, 0.717) is 19.4 Å². The molecule has 0 saturated heterocycles. The molecule has 0 spiro atoms. The number of nitrogens with one attached hydrogen (secondary N) is 1. The Kier molecular flexibility index (Phi) is 8.65. The third-order valence-electron chi connectivity index (χ3n) is 6.07. The molecular formula is C30H30N2O4. The molecule has 3 aromatic carbocycles. The zero-order chi connectivity index (χ0) is 25.2. The Morgan fingerprint density at radius 2 is 1.56 bits per heavy atom. The molecule has 0 aliphatic heterocycles. The van der Waals surface area contributed by atoms with E-state index in [9.17, 15) is 9.59 Å². The molecule has 0 fully saturated rings. The van der Waals surface area contributed by atoms with E-state index in [-0.39, 0.29) is 17.9 Å². The van der Waals surface area contributed by atoms with E-state index >= 15 is 0 Å². The summed E-state index contributed by atoms with van der Waals surface area (Å²) in [7, 11) is 0. The molecule has 0 atom stereocenters. The van der Waals surface area contributed by atoms with Crippen LogP contribution in [0.2, 0.25) is 0 Å². The van der Waals surface area contributed by atoms with Crippen LogP contribution < -0.4 is 10.3 Å². The van der Waals surface area contributed by atoms with Gasteiger partial charge in [-0.25, -0.2) is 5.10 Å². The number of aromatic nitrogens is 2. The van der Waals surface area contributed by atoms with E-state index < -0.39 is 5.97 Å². The van der Waals surface area contributed by atoms with Crippen LogP contribution in [-0.4, -0.2) is 27.9 Å². The van der Waals surface area contributed by atoms with Gasteiger partial charge < -0.3 is 9.84 Å². The Hall–Kier alpha value is -4.19. The average molecular weight is 483 g/mol. The van der Waals surface area contributed by atoms with Crippen LogP contribution in [0, 0.1) is 0 Å². The Bertz CT molecular complexity index is 1280. The standard InChI is InChI=1S/C30H30N2O4/c33-27-21-25(16-7-10-22-11-8-17-26(20-22)36-19-9-18-28(34)35)30(32-31-27)29(23-12-3-1-4-13-23)24-14-5-2-6-15-24/h1-6,8,11-15,17,20-21,29H,7,9-10,16,18-19H2,(H,31,33)(H,34,35). The highest BCUT2D eigenvalue weighted by atomic mass is 16.5. The number of rotatable bonds is 12. The van der Waals surface area contributed by atoms with E-state index in [1.54, 1.807) is 6.07 Å². The summed E-state index contributed by atoms with van der Waals surface area (Å²) in [5.41, 5.74) is 4.98. The lowest BCUT2D eigenvalue weighted by Gasteiger charge is -2.20. The fraction of sp³-hybridized carbons (Fsp3) is 0.233. The Balaban J connectivity index is 1.49. The van der Waals surface area contributed by atoms with Gasteiger partial charge in [0.25, 0.3) is 5.56 Å². The Labute approximate surface area is 210 Å². The maximum absolute atomic E-state index is 12.2. The van der Waals surface area contributed by atoms with Crippen molar-refractivity contribution < 1.29 is 14.6 Å². The number of carbonyl (C=O) groups is 1. The second-order valence-corrected chi connectivity index (χ2v) is 8.74. The molecule has 0 unspecified atom stereocenters. The molecule has 4 aromatic rings. The number of aromatic amines is 1. The summed E-state index contributed by atoms with van der Waals surface area (Å²) in [5.74, 6) is -0.158. The fourth-order valence-corrected chi connectivity index (χ4v) is 4.39. The topological polar surface area (TPSA) is 92.3 Å². The van der Waals surface area contributed by atoms with Gasteiger partial charge >= 0.3 is 5.97 Å². The van der Waals surface area contributed by atoms with Gasteiger partial charge in [0, 0.05) is 12.5 Å². The van der Waals surface area contributed by atoms with Crippen molar-refractivity contribution in [1.29, 1.82) is 0 Å². The highest BCUT2D eigenvalue weighted by molar-refractivity contribution is 5.66. The van der Waals surface area contributed by atoms with Crippen molar-refractivity contribution in [2.45, 2.75) is 38.0 Å². The second kappa shape index (κ2) is 12.5. The fourth-order valence-electron chi connectivity index (χ4n) is 4.39. The number of aliphatic carboxylic acids is 1. The summed E-state index contributed by atoms with van der Waals surface area (Å²) in [6, 6.07) is 30.0. The first-order chi connectivity index (χ1) is 17.6. The van der Waals surface area contributed by atoms with E-state index in [0.717, 1.165) is 46.5 Å². The van der Waals surface area contributed by atoms with E-state index in [1.165, 1.54) is 0 Å². The Morgan fingerprint density at radius 1 is 0.861 bits per heavy atom. The molecule has 0 bridgehead atoms. The molecule has 184 valence electrons. The number of benzene rings is 3. The molecule has 4 rings (SSSR count). The third kappa shape index (κ3) is 6.92. The summed E-state index contributed by atoms with van der Waals surface area (Å²) in [6.07, 6.45) is 2.95. The summed E-state index contributed by atoms with van der Waals surface area (Å²) >= 11 is 0. The SMILES string of the molecule is O=C(O)CCCOc1cccc(CCCc2cc(=O)[nH]nc2C(c2ccccc2)c2ccccc2)c1. The zero-order valence-electron chi connectivity index (χ0n) is 20.1. The molecule has 0 aliphatic carbocycles. The number of ether oxygens (including phenoxy) is 1. The van der Waals surface area contributed by atoms with Gasteiger partial charge in [-0.2, -0.15) is 5.10 Å². The van der Waals surface area contributed by atoms with Gasteiger partial charge in [0.2, 0.25) is 0 Å². The van der Waals surface area contributed by atoms with Crippen molar-refractivity contribution in [2.24, 2.45) is 0 Å². The molecule has 0 saturated carbocycles. The highest BCUT2D eigenvalue weighted by Gasteiger charge is 2.21. The molecule has 2 N–H and O–H groups in total. The van der Waals surface area contributed by atoms with Crippen molar-refractivity contribution in [3.8, 4) is 5.75 Å². The van der Waals surface area contributed by atoms with E-state index in [4.69, 9.17) is 9.84 Å². The minimum absolute atomic E-state index is 0.0817. The number of carboxylic acids is 1. The number of hydrogen-bond donors (Lipinski definition) is 2. The van der Waals surface area contributed by atoms with Crippen molar-refractivity contribution in [3.63, 3.8) is 0 Å². The monoisotopic (exact) mass is 482 g/mol. The van der Waals surface area contributed by atoms with Crippen molar-refractivity contribution in [1.82, 2.24) is 10.2 Å². The lowest BCUT2D eigenvalue weighted by Crippen LogP contribution is -2.17. The van der Waals surface area contributed by atoms with Crippen LogP contribution in [0.25, 0.3) is 0 Å². The van der Waals surface area contributed by atoms with Crippen LogP contribution in [-0.2, 0) is 17.6 Å². The Morgan fingerprint density at radius 3 is 2.22 bits per heavy atom. The third-order valence-corrected chi connectivity index (χ3v) is 6.07. The first-order valence-electron chi connectivity index (χ1n) is 12.2. The average Bonchev–Trinajstić information content (AvgIpc) is 2.89. The van der Waals surface area contributed by atoms with Gasteiger partial charge in [0.05, 0.1) is 18.2 Å². The van der Waals surface area contributed by atoms with Gasteiger partial charge in [-0.3, -0.25) is 9.59 Å². The molecule has 0 radical (unpaired) electrons. The summed E-state index contributed by atoms with van der Waals surface area (Å²) < 4.78 is 5.71. The second-order valence-electron chi connectivity index (χ2n) is 8.74. The van der Waals surface area contributed by atoms with Crippen molar-refractivity contribution in [2.75, 3.05) is 6.61 Å². The van der Waals surface area contributed by atoms with Crippen LogP contribution >= 0.6 is 0 Å². The molecule has 6 heteroatoms. The van der Waals surface area contributed by atoms with Crippen LogP contribution in [0.1, 0.15) is 53.1 Å². The van der Waals surface area contributed by atoms with E-state index in [1.807, 2.05) is 54.6 Å². The van der Waals surface area contributed by atoms with Gasteiger partial charge in [-0.1, -0.05) is 72.8 Å². The molecule has 36 heavy (non-hydrogen) atoms. The predicted octanol–water partition coefficient (Wildman–Crippen LogP) is 5.37. The maximum atomic E-state index is 12.2. The summed E-state index contributed by atoms with van der Waals surface area (Å²) in [6.45, 7) is 0.373. The molecule has 0 amide bonds. The highest BCUT2D eigenvalue weighted by Crippen LogP contribution is 2.32. The molecule has 1 heterocycles. The van der Waals surface area contributed by atoms with Gasteiger partial charge in [0.15, 0.2) is 0 Å². The van der Waals surface area contributed by atoms with Crippen molar-refractivity contribution in [3.05, 3.63) is 129 Å². The minimum Gasteiger partial charge on any atom is -0.494 e. The smallest absolute Gasteiger partial charge is 0.303 e. The van der Waals surface area contributed by atoms with Crippen LogP contribution in [0.4, 0.5) is 0 Å². The lowest BCUT2D eigenvalue weighted by atomic mass is 9.85. The maximum Gasteiger partial charge on any atom is 0.303 e. The number of hydrogen-bond acceptors (Lipinski definition) is 4. The van der Waals surface area contributed by atoms with Crippen molar-refractivity contribution >= 4 is 5.97 Å². The largest absolute Gasteiger partial charge is 0.494 e.